The summed E-state index contributed by atoms with van der Waals surface area (Å²) in [5, 5.41) is 0. The van der Waals surface area contributed by atoms with Gasteiger partial charge in [0.2, 0.25) is 5.75 Å². The van der Waals surface area contributed by atoms with E-state index in [0.29, 0.717) is 36.1 Å². The summed E-state index contributed by atoms with van der Waals surface area (Å²) in [4.78, 5) is 10.6. The van der Waals surface area contributed by atoms with Crippen molar-refractivity contribution in [2.24, 2.45) is 0 Å². The maximum absolute atomic E-state index is 6.21. The van der Waals surface area contributed by atoms with Crippen molar-refractivity contribution in [2.75, 3.05) is 42.0 Å². The third-order valence-corrected chi connectivity index (χ3v) is 7.06. The van der Waals surface area contributed by atoms with Gasteiger partial charge in [-0.2, -0.15) is 0 Å². The van der Waals surface area contributed by atoms with Crippen LogP contribution in [0, 0.1) is 0 Å². The lowest BCUT2D eigenvalue weighted by molar-refractivity contribution is 0.198. The Hall–Kier alpha value is -3.23. The maximum atomic E-state index is 6.21. The lowest BCUT2D eigenvalue weighted by Crippen LogP contribution is -2.30. The van der Waals surface area contributed by atoms with E-state index < -0.39 is 0 Å². The number of nitrogens with zero attached hydrogens (tertiary/aromatic N) is 2. The van der Waals surface area contributed by atoms with Gasteiger partial charge in [0.15, 0.2) is 11.5 Å². The number of likely N-dealkylation sites (N-methyl/N-ethyl adjacent to an activating group) is 1. The first-order valence-corrected chi connectivity index (χ1v) is 12.5. The van der Waals surface area contributed by atoms with Gasteiger partial charge >= 0.3 is 0 Å². The number of hydrogen-bond donors (Lipinski definition) is 1. The molecule has 0 amide bonds. The minimum Gasteiger partial charge on any atom is -0.493 e. The van der Waals surface area contributed by atoms with Crippen LogP contribution in [-0.2, 0) is 6.42 Å². The normalized spacial score (nSPS) is 12.1. The quantitative estimate of drug-likeness (QED) is 0.262. The molecule has 0 spiro atoms. The standard InChI is InChI=1S/C28H32BrN3O4/c1-17(32(2)3)16-36-21-12-19(11-18-9-7-8-10-22(18)29)26-23(15-21)30-28(31-26)20-13-24(33-4)27(35-6)25(14-20)34-5/h7-10,12-15,17H,11,16H2,1-6H3,(H,30,31). The summed E-state index contributed by atoms with van der Waals surface area (Å²) >= 11 is 3.68. The minimum atomic E-state index is 0.281. The minimum absolute atomic E-state index is 0.281. The topological polar surface area (TPSA) is 68.8 Å². The Kier molecular flexibility index (Phi) is 8.06. The number of nitrogens with one attached hydrogen (secondary N) is 1. The number of benzene rings is 3. The maximum Gasteiger partial charge on any atom is 0.203 e. The molecular weight excluding hydrogens is 522 g/mol. The molecule has 1 heterocycles. The van der Waals surface area contributed by atoms with E-state index in [-0.39, 0.29) is 6.04 Å². The fourth-order valence-electron chi connectivity index (χ4n) is 3.95. The molecule has 0 bridgehead atoms. The van der Waals surface area contributed by atoms with Gasteiger partial charge in [0.05, 0.1) is 32.4 Å². The monoisotopic (exact) mass is 553 g/mol. The second-order valence-corrected chi connectivity index (χ2v) is 9.72. The largest absolute Gasteiger partial charge is 0.493 e. The second-order valence-electron chi connectivity index (χ2n) is 8.87. The van der Waals surface area contributed by atoms with E-state index in [4.69, 9.17) is 23.9 Å². The van der Waals surface area contributed by atoms with E-state index >= 15 is 0 Å². The van der Waals surface area contributed by atoms with Crippen LogP contribution in [0.3, 0.4) is 0 Å². The predicted molar refractivity (Wildman–Crippen MR) is 147 cm³/mol. The fourth-order valence-corrected chi connectivity index (χ4v) is 4.37. The molecule has 1 N–H and O–H groups in total. The fraction of sp³-hybridized carbons (Fsp3) is 0.321. The van der Waals surface area contributed by atoms with Crippen molar-refractivity contribution in [1.29, 1.82) is 0 Å². The first-order chi connectivity index (χ1) is 17.3. The molecule has 36 heavy (non-hydrogen) atoms. The third kappa shape index (κ3) is 5.44. The first-order valence-electron chi connectivity index (χ1n) is 11.7. The highest BCUT2D eigenvalue weighted by Gasteiger charge is 2.18. The second kappa shape index (κ2) is 11.2. The van der Waals surface area contributed by atoms with Crippen molar-refractivity contribution in [2.45, 2.75) is 19.4 Å². The van der Waals surface area contributed by atoms with Crippen molar-refractivity contribution in [3.8, 4) is 34.4 Å². The molecule has 1 aromatic heterocycles. The summed E-state index contributed by atoms with van der Waals surface area (Å²) < 4.78 is 23.8. The highest BCUT2D eigenvalue weighted by Crippen LogP contribution is 2.41. The Labute approximate surface area is 220 Å². The molecule has 4 aromatic rings. The molecule has 0 fully saturated rings. The Balaban J connectivity index is 1.81. The van der Waals surface area contributed by atoms with Gasteiger partial charge in [-0.15, -0.1) is 0 Å². The number of ether oxygens (including phenoxy) is 4. The SMILES string of the molecule is COc1cc(-c2nc3c(Cc4ccccc4Br)cc(OCC(C)N(C)C)cc3[nH]2)cc(OC)c1OC. The Morgan fingerprint density at radius 3 is 2.25 bits per heavy atom. The molecule has 1 unspecified atom stereocenters. The van der Waals surface area contributed by atoms with Crippen LogP contribution in [0.4, 0.5) is 0 Å². The summed E-state index contributed by atoms with van der Waals surface area (Å²) in [6.45, 7) is 2.72. The van der Waals surface area contributed by atoms with Crippen LogP contribution in [0.15, 0.2) is 53.0 Å². The molecule has 190 valence electrons. The summed E-state index contributed by atoms with van der Waals surface area (Å²) in [6, 6.07) is 16.4. The van der Waals surface area contributed by atoms with Crippen molar-refractivity contribution in [3.63, 3.8) is 0 Å². The summed E-state index contributed by atoms with van der Waals surface area (Å²) in [6.07, 6.45) is 0.706. The van der Waals surface area contributed by atoms with Crippen LogP contribution in [0.2, 0.25) is 0 Å². The van der Waals surface area contributed by atoms with Crippen LogP contribution in [-0.4, -0.2) is 62.9 Å². The highest BCUT2D eigenvalue weighted by atomic mass is 79.9. The van der Waals surface area contributed by atoms with Crippen molar-refractivity contribution < 1.29 is 18.9 Å². The van der Waals surface area contributed by atoms with Gasteiger partial charge in [-0.25, -0.2) is 4.98 Å². The van der Waals surface area contributed by atoms with Crippen molar-refractivity contribution >= 4 is 27.0 Å². The molecule has 4 rings (SSSR count). The number of imidazole rings is 1. The molecule has 0 saturated heterocycles. The molecule has 0 aliphatic carbocycles. The molecule has 3 aromatic carbocycles. The van der Waals surface area contributed by atoms with Gasteiger partial charge in [-0.3, -0.25) is 0 Å². The lowest BCUT2D eigenvalue weighted by atomic mass is 10.0. The summed E-state index contributed by atoms with van der Waals surface area (Å²) in [7, 11) is 8.90. The van der Waals surface area contributed by atoms with Gasteiger partial charge < -0.3 is 28.8 Å². The summed E-state index contributed by atoms with van der Waals surface area (Å²) in [5.74, 6) is 3.19. The first kappa shape index (κ1) is 25.9. The zero-order valence-corrected chi connectivity index (χ0v) is 23.1. The number of hydrogen-bond acceptors (Lipinski definition) is 6. The number of rotatable bonds is 10. The Morgan fingerprint density at radius 2 is 1.64 bits per heavy atom. The zero-order chi connectivity index (χ0) is 25.8. The molecule has 7 nitrogen and oxygen atoms in total. The van der Waals surface area contributed by atoms with Gasteiger partial charge in [0, 0.05) is 28.6 Å². The molecule has 8 heteroatoms. The predicted octanol–water partition coefficient (Wildman–Crippen LogP) is 5.94. The number of H-pyrrole nitrogens is 1. The third-order valence-electron chi connectivity index (χ3n) is 6.29. The average Bonchev–Trinajstić information content (AvgIpc) is 3.32. The lowest BCUT2D eigenvalue weighted by Gasteiger charge is -2.20. The molecule has 0 aliphatic heterocycles. The molecule has 0 aliphatic rings. The van der Waals surface area contributed by atoms with E-state index in [1.807, 2.05) is 44.4 Å². The smallest absolute Gasteiger partial charge is 0.203 e. The van der Waals surface area contributed by atoms with Crippen molar-refractivity contribution in [1.82, 2.24) is 14.9 Å². The molecule has 1 atom stereocenters. The number of aromatic amines is 1. The number of halogens is 1. The van der Waals surface area contributed by atoms with Crippen LogP contribution < -0.4 is 18.9 Å². The van der Waals surface area contributed by atoms with Crippen LogP contribution in [0.5, 0.6) is 23.0 Å². The van der Waals surface area contributed by atoms with E-state index in [9.17, 15) is 0 Å². The number of methoxy groups -OCH3 is 3. The molecular formula is C28H32BrN3O4. The van der Waals surface area contributed by atoms with Gasteiger partial charge in [-0.1, -0.05) is 34.1 Å². The highest BCUT2D eigenvalue weighted by molar-refractivity contribution is 9.10. The van der Waals surface area contributed by atoms with Crippen LogP contribution in [0.25, 0.3) is 22.4 Å². The van der Waals surface area contributed by atoms with Gasteiger partial charge in [0.1, 0.15) is 18.2 Å². The Morgan fingerprint density at radius 1 is 0.944 bits per heavy atom. The Bertz CT molecular complexity index is 1330. The van der Waals surface area contributed by atoms with E-state index in [2.05, 4.69) is 50.9 Å². The van der Waals surface area contributed by atoms with E-state index in [1.54, 1.807) is 21.3 Å². The van der Waals surface area contributed by atoms with Crippen LogP contribution >= 0.6 is 15.9 Å². The number of aromatic nitrogens is 2. The van der Waals surface area contributed by atoms with Gasteiger partial charge in [0.25, 0.3) is 0 Å². The number of fused-ring (bicyclic) bond motifs is 1. The summed E-state index contributed by atoms with van der Waals surface area (Å²) in [5.41, 5.74) is 4.87. The van der Waals surface area contributed by atoms with Gasteiger partial charge in [-0.05, 0) is 56.4 Å². The van der Waals surface area contributed by atoms with Crippen molar-refractivity contribution in [3.05, 3.63) is 64.1 Å². The molecule has 0 saturated carbocycles. The average molecular weight is 554 g/mol. The van der Waals surface area contributed by atoms with E-state index in [0.717, 1.165) is 32.4 Å². The zero-order valence-electron chi connectivity index (χ0n) is 21.5. The van der Waals surface area contributed by atoms with E-state index in [1.165, 1.54) is 5.56 Å². The molecule has 0 radical (unpaired) electrons. The van der Waals surface area contributed by atoms with Crippen LogP contribution in [0.1, 0.15) is 18.1 Å².